The molecule has 0 atom stereocenters. The number of likely N-dealkylation sites (N-methyl/N-ethyl adjacent to an activating group) is 1. The summed E-state index contributed by atoms with van der Waals surface area (Å²) in [5, 5.41) is 2.87. The maximum Gasteiger partial charge on any atom is 0.220 e. The van der Waals surface area contributed by atoms with Gasteiger partial charge in [0, 0.05) is 25.6 Å². The van der Waals surface area contributed by atoms with Crippen molar-refractivity contribution in [2.24, 2.45) is 0 Å². The van der Waals surface area contributed by atoms with Crippen molar-refractivity contribution in [3.05, 3.63) is 24.3 Å². The number of nitrogens with zero attached hydrogens (tertiary/aromatic N) is 1. The molecule has 5 nitrogen and oxygen atoms in total. The highest BCUT2D eigenvalue weighted by Crippen LogP contribution is 2.18. The number of hydrogen-bond donors (Lipinski definition) is 1. The fourth-order valence-corrected chi connectivity index (χ4v) is 1.62. The molecule has 0 heterocycles. The summed E-state index contributed by atoms with van der Waals surface area (Å²) in [6, 6.07) is 7.45. The molecule has 0 aliphatic heterocycles. The van der Waals surface area contributed by atoms with Crippen LogP contribution in [0.25, 0.3) is 0 Å². The van der Waals surface area contributed by atoms with E-state index in [1.54, 1.807) is 7.11 Å². The average Bonchev–Trinajstić information content (AvgIpc) is 2.43. The summed E-state index contributed by atoms with van der Waals surface area (Å²) in [5.74, 6) is 1.60. The second-order valence-corrected chi connectivity index (χ2v) is 4.78. The first-order valence-corrected chi connectivity index (χ1v) is 6.80. The lowest BCUT2D eigenvalue weighted by atomic mass is 10.3. The highest BCUT2D eigenvalue weighted by atomic mass is 16.5. The van der Waals surface area contributed by atoms with Gasteiger partial charge in [0.1, 0.15) is 11.5 Å². The summed E-state index contributed by atoms with van der Waals surface area (Å²) < 4.78 is 10.7. The molecule has 20 heavy (non-hydrogen) atoms. The van der Waals surface area contributed by atoms with Crippen LogP contribution in [0, 0.1) is 0 Å². The van der Waals surface area contributed by atoms with Gasteiger partial charge in [-0.15, -0.1) is 0 Å². The van der Waals surface area contributed by atoms with Crippen molar-refractivity contribution in [3.63, 3.8) is 0 Å². The molecule has 1 aromatic carbocycles. The highest BCUT2D eigenvalue weighted by molar-refractivity contribution is 5.75. The SMILES string of the molecule is COc1cccc(OCCCC(=O)NCCN(C)C)c1. The molecule has 1 rings (SSSR count). The Kier molecular flexibility index (Phi) is 7.50. The van der Waals surface area contributed by atoms with Gasteiger partial charge in [0.05, 0.1) is 13.7 Å². The minimum atomic E-state index is 0.0705. The molecule has 0 unspecified atom stereocenters. The molecule has 1 aromatic rings. The topological polar surface area (TPSA) is 50.8 Å². The molecule has 112 valence electrons. The second-order valence-electron chi connectivity index (χ2n) is 4.78. The lowest BCUT2D eigenvalue weighted by Gasteiger charge is -2.10. The summed E-state index contributed by atoms with van der Waals surface area (Å²) in [4.78, 5) is 13.6. The van der Waals surface area contributed by atoms with Crippen LogP contribution < -0.4 is 14.8 Å². The Bertz CT molecular complexity index is 408. The number of methoxy groups -OCH3 is 1. The summed E-state index contributed by atoms with van der Waals surface area (Å²) in [6.45, 7) is 2.06. The van der Waals surface area contributed by atoms with Crippen molar-refractivity contribution >= 4 is 5.91 Å². The van der Waals surface area contributed by atoms with Gasteiger partial charge < -0.3 is 19.7 Å². The molecule has 0 aromatic heterocycles. The zero-order valence-corrected chi connectivity index (χ0v) is 12.5. The van der Waals surface area contributed by atoms with Gasteiger partial charge >= 0.3 is 0 Å². The van der Waals surface area contributed by atoms with E-state index in [0.717, 1.165) is 18.0 Å². The molecule has 0 saturated carbocycles. The van der Waals surface area contributed by atoms with Crippen LogP contribution in [-0.4, -0.2) is 51.7 Å². The standard InChI is InChI=1S/C15H24N2O3/c1-17(2)10-9-16-15(18)8-5-11-20-14-7-4-6-13(12-14)19-3/h4,6-7,12H,5,8-11H2,1-3H3,(H,16,18). The summed E-state index contributed by atoms with van der Waals surface area (Å²) in [7, 11) is 5.58. The van der Waals surface area contributed by atoms with E-state index in [9.17, 15) is 4.79 Å². The van der Waals surface area contributed by atoms with Gasteiger partial charge in [-0.05, 0) is 32.6 Å². The third-order valence-corrected chi connectivity index (χ3v) is 2.74. The summed E-state index contributed by atoms with van der Waals surface area (Å²) >= 11 is 0. The lowest BCUT2D eigenvalue weighted by Crippen LogP contribution is -2.31. The van der Waals surface area contributed by atoms with Crippen molar-refractivity contribution < 1.29 is 14.3 Å². The second kappa shape index (κ2) is 9.20. The van der Waals surface area contributed by atoms with E-state index in [1.807, 2.05) is 43.3 Å². The van der Waals surface area contributed by atoms with E-state index >= 15 is 0 Å². The zero-order chi connectivity index (χ0) is 14.8. The van der Waals surface area contributed by atoms with Gasteiger partial charge in [0.2, 0.25) is 5.91 Å². The monoisotopic (exact) mass is 280 g/mol. The Balaban J connectivity index is 2.13. The van der Waals surface area contributed by atoms with E-state index in [-0.39, 0.29) is 5.91 Å². The molecule has 0 saturated heterocycles. The Morgan fingerprint density at radius 3 is 2.75 bits per heavy atom. The number of benzene rings is 1. The first-order valence-electron chi connectivity index (χ1n) is 6.80. The minimum Gasteiger partial charge on any atom is -0.497 e. The van der Waals surface area contributed by atoms with Crippen LogP contribution in [0.2, 0.25) is 0 Å². The molecule has 1 N–H and O–H groups in total. The van der Waals surface area contributed by atoms with E-state index in [1.165, 1.54) is 0 Å². The van der Waals surface area contributed by atoms with Crippen LogP contribution in [-0.2, 0) is 4.79 Å². The first kappa shape index (κ1) is 16.3. The summed E-state index contributed by atoms with van der Waals surface area (Å²) in [6.07, 6.45) is 1.18. The predicted octanol–water partition coefficient (Wildman–Crippen LogP) is 1.53. The van der Waals surface area contributed by atoms with Crippen LogP contribution in [0.1, 0.15) is 12.8 Å². The largest absolute Gasteiger partial charge is 0.497 e. The molecular weight excluding hydrogens is 256 g/mol. The van der Waals surface area contributed by atoms with Gasteiger partial charge in [-0.2, -0.15) is 0 Å². The molecule has 0 spiro atoms. The number of nitrogens with one attached hydrogen (secondary N) is 1. The van der Waals surface area contributed by atoms with Gasteiger partial charge in [-0.1, -0.05) is 6.07 Å². The molecule has 0 fully saturated rings. The fraction of sp³-hybridized carbons (Fsp3) is 0.533. The van der Waals surface area contributed by atoms with E-state index in [2.05, 4.69) is 5.32 Å². The van der Waals surface area contributed by atoms with Crippen LogP contribution in [0.4, 0.5) is 0 Å². The number of carbonyl (C=O) groups excluding carboxylic acids is 1. The van der Waals surface area contributed by atoms with E-state index in [4.69, 9.17) is 9.47 Å². The van der Waals surface area contributed by atoms with Gasteiger partial charge in [0.25, 0.3) is 0 Å². The van der Waals surface area contributed by atoms with Crippen molar-refractivity contribution in [2.75, 3.05) is 40.9 Å². The number of rotatable bonds is 9. The first-order chi connectivity index (χ1) is 9.61. The van der Waals surface area contributed by atoms with Crippen molar-refractivity contribution in [1.82, 2.24) is 10.2 Å². The maximum absolute atomic E-state index is 11.5. The normalized spacial score (nSPS) is 10.4. The molecular formula is C15H24N2O3. The number of amides is 1. The Morgan fingerprint density at radius 2 is 2.05 bits per heavy atom. The molecule has 5 heteroatoms. The zero-order valence-electron chi connectivity index (χ0n) is 12.5. The Labute approximate surface area is 120 Å². The van der Waals surface area contributed by atoms with E-state index < -0.39 is 0 Å². The maximum atomic E-state index is 11.5. The molecule has 0 aliphatic carbocycles. The number of carbonyl (C=O) groups is 1. The average molecular weight is 280 g/mol. The quantitative estimate of drug-likeness (QED) is 0.697. The highest BCUT2D eigenvalue weighted by Gasteiger charge is 2.02. The Morgan fingerprint density at radius 1 is 1.30 bits per heavy atom. The third kappa shape index (κ3) is 6.99. The van der Waals surface area contributed by atoms with Gasteiger partial charge in [0.15, 0.2) is 0 Å². The van der Waals surface area contributed by atoms with Crippen molar-refractivity contribution in [2.45, 2.75) is 12.8 Å². The van der Waals surface area contributed by atoms with E-state index in [0.29, 0.717) is 26.0 Å². The van der Waals surface area contributed by atoms with Crippen molar-refractivity contribution in [1.29, 1.82) is 0 Å². The van der Waals surface area contributed by atoms with Crippen LogP contribution >= 0.6 is 0 Å². The van der Waals surface area contributed by atoms with Crippen LogP contribution in [0.15, 0.2) is 24.3 Å². The fourth-order valence-electron chi connectivity index (χ4n) is 1.62. The molecule has 0 radical (unpaired) electrons. The Hall–Kier alpha value is -1.75. The number of hydrogen-bond acceptors (Lipinski definition) is 4. The van der Waals surface area contributed by atoms with Crippen LogP contribution in [0.3, 0.4) is 0 Å². The molecule has 0 bridgehead atoms. The minimum absolute atomic E-state index is 0.0705. The predicted molar refractivity (Wildman–Crippen MR) is 79.3 cm³/mol. The van der Waals surface area contributed by atoms with Gasteiger partial charge in [-0.25, -0.2) is 0 Å². The summed E-state index contributed by atoms with van der Waals surface area (Å²) in [5.41, 5.74) is 0. The molecule has 1 amide bonds. The van der Waals surface area contributed by atoms with Crippen molar-refractivity contribution in [3.8, 4) is 11.5 Å². The molecule has 0 aliphatic rings. The third-order valence-electron chi connectivity index (χ3n) is 2.74. The lowest BCUT2D eigenvalue weighted by molar-refractivity contribution is -0.121. The number of ether oxygens (including phenoxy) is 2. The van der Waals surface area contributed by atoms with Crippen LogP contribution in [0.5, 0.6) is 11.5 Å². The van der Waals surface area contributed by atoms with Gasteiger partial charge in [-0.3, -0.25) is 4.79 Å². The smallest absolute Gasteiger partial charge is 0.220 e.